The maximum Gasteiger partial charge on any atom is 0.241 e. The fraction of sp³-hybridized carbons (Fsp3) is 0.588. The number of hydrogen-bond acceptors (Lipinski definition) is 3. The van der Waals surface area contributed by atoms with Crippen LogP contribution in [0.2, 0.25) is 0 Å². The Hall–Kier alpha value is -1.26. The van der Waals surface area contributed by atoms with Gasteiger partial charge in [-0.3, -0.25) is 4.79 Å². The van der Waals surface area contributed by atoms with Crippen LogP contribution in [0, 0.1) is 5.92 Å². The van der Waals surface area contributed by atoms with Gasteiger partial charge in [0.25, 0.3) is 0 Å². The summed E-state index contributed by atoms with van der Waals surface area (Å²) in [6.07, 6.45) is 5.12. The number of anilines is 2. The molecule has 124 valence electrons. The normalized spacial score (nSPS) is 16.6. The van der Waals surface area contributed by atoms with Crippen LogP contribution >= 0.6 is 12.4 Å². The van der Waals surface area contributed by atoms with E-state index in [0.29, 0.717) is 0 Å². The summed E-state index contributed by atoms with van der Waals surface area (Å²) in [6, 6.07) is 7.62. The molecule has 1 aromatic carbocycles. The van der Waals surface area contributed by atoms with Gasteiger partial charge in [-0.1, -0.05) is 32.8 Å². The summed E-state index contributed by atoms with van der Waals surface area (Å²) in [4.78, 5) is 14.5. The molecule has 0 bridgehead atoms. The lowest BCUT2D eigenvalue weighted by Crippen LogP contribution is -2.39. The summed E-state index contributed by atoms with van der Waals surface area (Å²) < 4.78 is 0. The van der Waals surface area contributed by atoms with Crippen LogP contribution in [0.1, 0.15) is 39.5 Å². The summed E-state index contributed by atoms with van der Waals surface area (Å²) in [7, 11) is 0. The van der Waals surface area contributed by atoms with Gasteiger partial charge >= 0.3 is 0 Å². The highest BCUT2D eigenvalue weighted by Crippen LogP contribution is 2.23. The number of carbonyl (C=O) groups excluding carboxylic acids is 1. The molecule has 5 heteroatoms. The Bertz CT molecular complexity index is 471. The summed E-state index contributed by atoms with van der Waals surface area (Å²) in [5, 5.41) is 2.93. The lowest BCUT2D eigenvalue weighted by Gasteiger charge is -2.23. The van der Waals surface area contributed by atoms with Crippen molar-refractivity contribution in [1.29, 1.82) is 0 Å². The molecule has 0 spiro atoms. The van der Waals surface area contributed by atoms with Crippen LogP contribution in [0.15, 0.2) is 24.3 Å². The van der Waals surface area contributed by atoms with Crippen LogP contribution in [0.3, 0.4) is 0 Å². The van der Waals surface area contributed by atoms with E-state index in [1.165, 1.54) is 31.4 Å². The topological polar surface area (TPSA) is 58.4 Å². The zero-order valence-corrected chi connectivity index (χ0v) is 14.4. The number of nitrogens with zero attached hydrogens (tertiary/aromatic N) is 1. The molecule has 2 rings (SSSR count). The molecule has 0 aromatic heterocycles. The minimum Gasteiger partial charge on any atom is -0.371 e. The third kappa shape index (κ3) is 5.18. The Labute approximate surface area is 139 Å². The predicted octanol–water partition coefficient (Wildman–Crippen LogP) is 3.41. The number of benzene rings is 1. The second kappa shape index (κ2) is 9.01. The molecule has 0 saturated carbocycles. The third-order valence-corrected chi connectivity index (χ3v) is 4.11. The average Bonchev–Trinajstić information content (AvgIpc) is 2.75. The molecule has 1 amide bonds. The average molecular weight is 326 g/mol. The van der Waals surface area contributed by atoms with Crippen LogP contribution in [0.5, 0.6) is 0 Å². The number of nitrogens with two attached hydrogens (primary N) is 1. The van der Waals surface area contributed by atoms with Gasteiger partial charge in [-0.05, 0) is 37.0 Å². The maximum atomic E-state index is 12.0. The van der Waals surface area contributed by atoms with Crippen LogP contribution in [0.4, 0.5) is 11.4 Å². The fourth-order valence-electron chi connectivity index (χ4n) is 2.64. The van der Waals surface area contributed by atoms with Crippen molar-refractivity contribution in [2.24, 2.45) is 11.7 Å². The standard InChI is InChI=1S/C17H27N3O.ClH/c1-13(2)16(18)17(21)19-14-8-7-9-15(12-14)20-10-5-3-4-6-11-20;/h7-9,12-13,16H,3-6,10-11,18H2,1-2H3,(H,19,21);1H/t16-;/m0./s1. The molecule has 1 aromatic rings. The Morgan fingerprint density at radius 2 is 1.82 bits per heavy atom. The van der Waals surface area contributed by atoms with Gasteiger partial charge < -0.3 is 16.0 Å². The smallest absolute Gasteiger partial charge is 0.241 e. The van der Waals surface area contributed by atoms with E-state index >= 15 is 0 Å². The van der Waals surface area contributed by atoms with Crippen molar-refractivity contribution in [1.82, 2.24) is 0 Å². The van der Waals surface area contributed by atoms with Gasteiger partial charge in [-0.2, -0.15) is 0 Å². The number of rotatable bonds is 4. The molecule has 0 aliphatic carbocycles. The quantitative estimate of drug-likeness (QED) is 0.892. The molecule has 3 N–H and O–H groups in total. The molecule has 1 fully saturated rings. The zero-order chi connectivity index (χ0) is 15.2. The van der Waals surface area contributed by atoms with Crippen molar-refractivity contribution < 1.29 is 4.79 Å². The molecule has 4 nitrogen and oxygen atoms in total. The zero-order valence-electron chi connectivity index (χ0n) is 13.5. The highest BCUT2D eigenvalue weighted by Gasteiger charge is 2.17. The predicted molar refractivity (Wildman–Crippen MR) is 95.8 cm³/mol. The first-order valence-electron chi connectivity index (χ1n) is 7.99. The molecular formula is C17H28ClN3O. The highest BCUT2D eigenvalue weighted by atomic mass is 35.5. The van der Waals surface area contributed by atoms with Gasteiger partial charge in [0, 0.05) is 24.5 Å². The molecular weight excluding hydrogens is 298 g/mol. The Balaban J connectivity index is 0.00000242. The number of carbonyl (C=O) groups is 1. The Morgan fingerprint density at radius 3 is 2.41 bits per heavy atom. The molecule has 1 aliphatic heterocycles. The van der Waals surface area contributed by atoms with Crippen LogP contribution in [0.25, 0.3) is 0 Å². The maximum absolute atomic E-state index is 12.0. The Kier molecular flexibility index (Phi) is 7.69. The second-order valence-electron chi connectivity index (χ2n) is 6.21. The lowest BCUT2D eigenvalue weighted by molar-refractivity contribution is -0.118. The lowest BCUT2D eigenvalue weighted by atomic mass is 10.0. The first-order valence-corrected chi connectivity index (χ1v) is 7.99. The van der Waals surface area contributed by atoms with Gasteiger partial charge in [0.1, 0.15) is 0 Å². The van der Waals surface area contributed by atoms with Gasteiger partial charge in [-0.25, -0.2) is 0 Å². The largest absolute Gasteiger partial charge is 0.371 e. The van der Waals surface area contributed by atoms with E-state index in [1.54, 1.807) is 0 Å². The van der Waals surface area contributed by atoms with Crippen LogP contribution < -0.4 is 16.0 Å². The van der Waals surface area contributed by atoms with E-state index in [9.17, 15) is 4.79 Å². The highest BCUT2D eigenvalue weighted by molar-refractivity contribution is 5.95. The van der Waals surface area contributed by atoms with Gasteiger partial charge in [-0.15, -0.1) is 12.4 Å². The van der Waals surface area contributed by atoms with E-state index in [0.717, 1.165) is 18.8 Å². The molecule has 1 aliphatic rings. The van der Waals surface area contributed by atoms with Gasteiger partial charge in [0.05, 0.1) is 6.04 Å². The summed E-state index contributed by atoms with van der Waals surface area (Å²) >= 11 is 0. The number of halogens is 1. The van der Waals surface area contributed by atoms with Crippen molar-refractivity contribution in [3.05, 3.63) is 24.3 Å². The number of amides is 1. The molecule has 22 heavy (non-hydrogen) atoms. The molecule has 0 radical (unpaired) electrons. The van der Waals surface area contributed by atoms with E-state index < -0.39 is 6.04 Å². The van der Waals surface area contributed by atoms with Crippen molar-refractivity contribution in [3.63, 3.8) is 0 Å². The summed E-state index contributed by atoms with van der Waals surface area (Å²) in [5.41, 5.74) is 7.91. The second-order valence-corrected chi connectivity index (χ2v) is 6.21. The summed E-state index contributed by atoms with van der Waals surface area (Å²) in [5.74, 6) is 0.0248. The van der Waals surface area contributed by atoms with E-state index in [-0.39, 0.29) is 24.2 Å². The molecule has 1 saturated heterocycles. The molecule has 1 atom stereocenters. The van der Waals surface area contributed by atoms with E-state index in [2.05, 4.69) is 22.3 Å². The minimum atomic E-state index is -0.466. The Morgan fingerprint density at radius 1 is 1.18 bits per heavy atom. The van der Waals surface area contributed by atoms with Crippen LogP contribution in [-0.4, -0.2) is 25.0 Å². The van der Waals surface area contributed by atoms with E-state index in [1.807, 2.05) is 26.0 Å². The first kappa shape index (κ1) is 18.8. The SMILES string of the molecule is CC(C)[C@H](N)C(=O)Nc1cccc(N2CCCCCC2)c1.Cl. The third-order valence-electron chi connectivity index (χ3n) is 4.11. The van der Waals surface area contributed by atoms with Gasteiger partial charge in [0.15, 0.2) is 0 Å². The monoisotopic (exact) mass is 325 g/mol. The van der Waals surface area contributed by atoms with Crippen LogP contribution in [-0.2, 0) is 4.79 Å². The summed E-state index contributed by atoms with van der Waals surface area (Å²) in [6.45, 7) is 6.11. The molecule has 0 unspecified atom stereocenters. The molecule has 1 heterocycles. The van der Waals surface area contributed by atoms with E-state index in [4.69, 9.17) is 5.73 Å². The minimum absolute atomic E-state index is 0. The van der Waals surface area contributed by atoms with Crippen molar-refractivity contribution in [2.45, 2.75) is 45.6 Å². The van der Waals surface area contributed by atoms with Crippen molar-refractivity contribution in [3.8, 4) is 0 Å². The van der Waals surface area contributed by atoms with Crippen molar-refractivity contribution >= 4 is 29.7 Å². The number of hydrogen-bond donors (Lipinski definition) is 2. The fourth-order valence-corrected chi connectivity index (χ4v) is 2.64. The number of nitrogens with one attached hydrogen (secondary N) is 1. The van der Waals surface area contributed by atoms with Crippen molar-refractivity contribution in [2.75, 3.05) is 23.3 Å². The van der Waals surface area contributed by atoms with Gasteiger partial charge in [0.2, 0.25) is 5.91 Å². The first-order chi connectivity index (χ1) is 10.1.